The van der Waals surface area contributed by atoms with Crippen molar-refractivity contribution in [3.05, 3.63) is 42.0 Å². The van der Waals surface area contributed by atoms with Crippen LogP contribution in [0.5, 0.6) is 5.75 Å². The third kappa shape index (κ3) is 3.83. The van der Waals surface area contributed by atoms with Crippen molar-refractivity contribution in [1.29, 1.82) is 0 Å². The minimum atomic E-state index is -3.81. The number of hydrogen-bond acceptors (Lipinski definition) is 4. The van der Waals surface area contributed by atoms with E-state index in [1.54, 1.807) is 31.6 Å². The van der Waals surface area contributed by atoms with Crippen LogP contribution in [-0.2, 0) is 23.2 Å². The second-order valence-electron chi connectivity index (χ2n) is 4.86. The summed E-state index contributed by atoms with van der Waals surface area (Å²) in [6.07, 6.45) is 4.43. The van der Waals surface area contributed by atoms with E-state index in [9.17, 15) is 8.42 Å². The molecule has 0 atom stereocenters. The summed E-state index contributed by atoms with van der Waals surface area (Å²) in [5.74, 6) is 0.257. The molecule has 2 rings (SSSR count). The highest BCUT2D eigenvalue weighted by Crippen LogP contribution is 2.24. The third-order valence-corrected chi connectivity index (χ3v) is 3.98. The Hall–Kier alpha value is -1.86. The molecule has 0 aliphatic rings. The first-order chi connectivity index (χ1) is 9.91. The van der Waals surface area contributed by atoms with Gasteiger partial charge in [0.1, 0.15) is 17.3 Å². The molecule has 7 heteroatoms. The zero-order chi connectivity index (χ0) is 15.5. The maximum absolute atomic E-state index is 11.6. The molecule has 114 valence electrons. The Kier molecular flexibility index (Phi) is 4.64. The van der Waals surface area contributed by atoms with Gasteiger partial charge in [-0.05, 0) is 31.0 Å². The normalized spacial score (nSPS) is 11.6. The number of imidazole rings is 1. The highest BCUT2D eigenvalue weighted by atomic mass is 32.2. The maximum Gasteiger partial charge on any atom is 0.241 e. The molecule has 6 nitrogen and oxygen atoms in total. The number of ether oxygens (including phenoxy) is 1. The molecule has 2 N–H and O–H groups in total. The highest BCUT2D eigenvalue weighted by Gasteiger charge is 2.16. The molecule has 0 aliphatic heterocycles. The van der Waals surface area contributed by atoms with E-state index in [-0.39, 0.29) is 17.3 Å². The number of benzene rings is 1. The van der Waals surface area contributed by atoms with E-state index in [1.807, 2.05) is 4.57 Å². The summed E-state index contributed by atoms with van der Waals surface area (Å²) in [4.78, 5) is 4.08. The zero-order valence-electron chi connectivity index (χ0n) is 12.1. The SMILES string of the molecule is CCCn1cncc1COc1ccc(C)cc1S(N)(=O)=O. The monoisotopic (exact) mass is 309 g/mol. The quantitative estimate of drug-likeness (QED) is 0.882. The van der Waals surface area contributed by atoms with Gasteiger partial charge in [0.05, 0.1) is 18.2 Å². The van der Waals surface area contributed by atoms with Gasteiger partial charge in [0.15, 0.2) is 0 Å². The molecule has 1 heterocycles. The van der Waals surface area contributed by atoms with E-state index >= 15 is 0 Å². The fourth-order valence-corrected chi connectivity index (χ4v) is 2.78. The Balaban J connectivity index is 2.22. The summed E-state index contributed by atoms with van der Waals surface area (Å²) in [6, 6.07) is 4.91. The van der Waals surface area contributed by atoms with Crippen molar-refractivity contribution in [1.82, 2.24) is 9.55 Å². The molecule has 21 heavy (non-hydrogen) atoms. The first kappa shape index (κ1) is 15.5. The lowest BCUT2D eigenvalue weighted by atomic mass is 10.2. The number of primary sulfonamides is 1. The topological polar surface area (TPSA) is 87.2 Å². The summed E-state index contributed by atoms with van der Waals surface area (Å²) < 4.78 is 30.8. The molecular formula is C14H19N3O3S. The van der Waals surface area contributed by atoms with Crippen LogP contribution >= 0.6 is 0 Å². The van der Waals surface area contributed by atoms with Crippen LogP contribution in [0.3, 0.4) is 0 Å². The van der Waals surface area contributed by atoms with Crippen LogP contribution in [0.1, 0.15) is 24.6 Å². The van der Waals surface area contributed by atoms with Crippen LogP contribution in [0, 0.1) is 6.92 Å². The number of hydrogen-bond donors (Lipinski definition) is 1. The standard InChI is InChI=1S/C14H19N3O3S/c1-3-6-17-10-16-8-12(17)9-20-13-5-4-11(2)7-14(13)21(15,18)19/h4-5,7-8,10H,3,6,9H2,1-2H3,(H2,15,18,19). The van der Waals surface area contributed by atoms with Gasteiger partial charge in [0.2, 0.25) is 10.0 Å². The summed E-state index contributed by atoms with van der Waals surface area (Å²) in [6.45, 7) is 4.96. The van der Waals surface area contributed by atoms with Crippen LogP contribution < -0.4 is 9.88 Å². The minimum absolute atomic E-state index is 0.00376. The second kappa shape index (κ2) is 6.28. The Bertz CT molecular complexity index is 723. The van der Waals surface area contributed by atoms with E-state index < -0.39 is 10.0 Å². The molecule has 0 fully saturated rings. The minimum Gasteiger partial charge on any atom is -0.486 e. The van der Waals surface area contributed by atoms with Gasteiger partial charge in [0.25, 0.3) is 0 Å². The number of aromatic nitrogens is 2. The van der Waals surface area contributed by atoms with Crippen LogP contribution in [0.25, 0.3) is 0 Å². The molecule has 0 spiro atoms. The summed E-state index contributed by atoms with van der Waals surface area (Å²) in [5.41, 5.74) is 1.69. The largest absolute Gasteiger partial charge is 0.486 e. The van der Waals surface area contributed by atoms with Gasteiger partial charge in [-0.2, -0.15) is 0 Å². The molecule has 0 saturated heterocycles. The van der Waals surface area contributed by atoms with E-state index in [2.05, 4.69) is 11.9 Å². The lowest BCUT2D eigenvalue weighted by Crippen LogP contribution is -2.14. The fraction of sp³-hybridized carbons (Fsp3) is 0.357. The van der Waals surface area contributed by atoms with Crippen LogP contribution in [-0.4, -0.2) is 18.0 Å². The molecule has 0 amide bonds. The van der Waals surface area contributed by atoms with Crippen LogP contribution in [0.2, 0.25) is 0 Å². The lowest BCUT2D eigenvalue weighted by molar-refractivity contribution is 0.287. The van der Waals surface area contributed by atoms with Crippen molar-refractivity contribution < 1.29 is 13.2 Å². The Labute approximate surface area is 124 Å². The first-order valence-electron chi connectivity index (χ1n) is 6.67. The average molecular weight is 309 g/mol. The number of rotatable bonds is 6. The van der Waals surface area contributed by atoms with Crippen molar-refractivity contribution in [2.75, 3.05) is 0 Å². The lowest BCUT2D eigenvalue weighted by Gasteiger charge is -2.12. The number of nitrogens with two attached hydrogens (primary N) is 1. The van der Waals surface area contributed by atoms with Crippen molar-refractivity contribution >= 4 is 10.0 Å². The molecule has 1 aromatic heterocycles. The summed E-state index contributed by atoms with van der Waals surface area (Å²) in [5, 5.41) is 5.23. The molecule has 0 radical (unpaired) electrons. The molecular weight excluding hydrogens is 290 g/mol. The zero-order valence-corrected chi connectivity index (χ0v) is 12.9. The van der Waals surface area contributed by atoms with E-state index in [0.717, 1.165) is 24.2 Å². The van der Waals surface area contributed by atoms with Crippen molar-refractivity contribution in [3.63, 3.8) is 0 Å². The van der Waals surface area contributed by atoms with E-state index in [4.69, 9.17) is 9.88 Å². The molecule has 0 unspecified atom stereocenters. The summed E-state index contributed by atoms with van der Waals surface area (Å²) in [7, 11) is -3.81. The van der Waals surface area contributed by atoms with E-state index in [1.165, 1.54) is 6.07 Å². The van der Waals surface area contributed by atoms with Gasteiger partial charge in [0, 0.05) is 6.54 Å². The molecule has 0 aliphatic carbocycles. The first-order valence-corrected chi connectivity index (χ1v) is 8.21. The molecule has 0 bridgehead atoms. The maximum atomic E-state index is 11.6. The molecule has 0 saturated carbocycles. The van der Waals surface area contributed by atoms with Gasteiger partial charge >= 0.3 is 0 Å². The highest BCUT2D eigenvalue weighted by molar-refractivity contribution is 7.89. The Morgan fingerprint density at radius 3 is 2.81 bits per heavy atom. The van der Waals surface area contributed by atoms with Crippen molar-refractivity contribution in [3.8, 4) is 5.75 Å². The predicted molar refractivity (Wildman–Crippen MR) is 79.4 cm³/mol. The predicted octanol–water partition coefficient (Wildman–Crippen LogP) is 1.83. The van der Waals surface area contributed by atoms with E-state index in [0.29, 0.717) is 0 Å². The number of sulfonamides is 1. The van der Waals surface area contributed by atoms with Gasteiger partial charge in [-0.25, -0.2) is 18.5 Å². The Morgan fingerprint density at radius 1 is 1.38 bits per heavy atom. The fourth-order valence-electron chi connectivity index (χ4n) is 2.02. The van der Waals surface area contributed by atoms with Crippen molar-refractivity contribution in [2.24, 2.45) is 5.14 Å². The molecule has 2 aromatic rings. The van der Waals surface area contributed by atoms with Gasteiger partial charge in [-0.1, -0.05) is 13.0 Å². The number of nitrogens with zero attached hydrogens (tertiary/aromatic N) is 2. The van der Waals surface area contributed by atoms with Crippen LogP contribution in [0.15, 0.2) is 35.6 Å². The number of aryl methyl sites for hydroxylation is 2. The smallest absolute Gasteiger partial charge is 0.241 e. The Morgan fingerprint density at radius 2 is 2.14 bits per heavy atom. The van der Waals surface area contributed by atoms with Crippen LogP contribution in [0.4, 0.5) is 0 Å². The van der Waals surface area contributed by atoms with Gasteiger partial charge in [-0.15, -0.1) is 0 Å². The van der Waals surface area contributed by atoms with Crippen molar-refractivity contribution in [2.45, 2.75) is 38.3 Å². The average Bonchev–Trinajstić information content (AvgIpc) is 2.84. The van der Waals surface area contributed by atoms with Gasteiger partial charge in [-0.3, -0.25) is 0 Å². The third-order valence-electron chi connectivity index (χ3n) is 3.04. The molecule has 1 aromatic carbocycles. The van der Waals surface area contributed by atoms with Gasteiger partial charge < -0.3 is 9.30 Å². The summed E-state index contributed by atoms with van der Waals surface area (Å²) >= 11 is 0. The second-order valence-corrected chi connectivity index (χ2v) is 6.39.